The summed E-state index contributed by atoms with van der Waals surface area (Å²) in [6.07, 6.45) is 1.94. The van der Waals surface area contributed by atoms with Gasteiger partial charge in [0.25, 0.3) is 0 Å². The highest BCUT2D eigenvalue weighted by atomic mass is 16.5. The fourth-order valence-corrected chi connectivity index (χ4v) is 2.53. The van der Waals surface area contributed by atoms with Gasteiger partial charge in [0.1, 0.15) is 5.76 Å². The molecule has 0 unspecified atom stereocenters. The van der Waals surface area contributed by atoms with E-state index in [-0.39, 0.29) is 0 Å². The second-order valence-corrected chi connectivity index (χ2v) is 5.32. The molecular weight excluding hydrogens is 262 g/mol. The quantitative estimate of drug-likeness (QED) is 0.810. The molecule has 0 atom stereocenters. The van der Waals surface area contributed by atoms with Gasteiger partial charge < -0.3 is 10.3 Å². The van der Waals surface area contributed by atoms with Crippen LogP contribution in [-0.2, 0) is 19.4 Å². The molecule has 0 spiro atoms. The van der Waals surface area contributed by atoms with E-state index in [1.165, 1.54) is 11.1 Å². The summed E-state index contributed by atoms with van der Waals surface area (Å²) in [6.45, 7) is 7.51. The van der Waals surface area contributed by atoms with Crippen molar-refractivity contribution >= 4 is 0 Å². The van der Waals surface area contributed by atoms with Crippen LogP contribution in [0.25, 0.3) is 0 Å². The molecule has 0 saturated heterocycles. The third kappa shape index (κ3) is 4.41. The van der Waals surface area contributed by atoms with Crippen molar-refractivity contribution in [2.75, 3.05) is 19.6 Å². The first-order valence-electron chi connectivity index (χ1n) is 7.65. The third-order valence-electron chi connectivity index (χ3n) is 3.79. The maximum absolute atomic E-state index is 5.76. The monoisotopic (exact) mass is 287 g/mol. The maximum Gasteiger partial charge on any atom is 0.138 e. The van der Waals surface area contributed by atoms with Crippen LogP contribution in [-0.4, -0.2) is 29.7 Å². The molecule has 2 aromatic rings. The molecular formula is C17H25N3O. The number of hydrogen-bond donors (Lipinski definition) is 1. The van der Waals surface area contributed by atoms with Crippen LogP contribution in [0.5, 0.6) is 0 Å². The Kier molecular flexibility index (Phi) is 5.96. The number of rotatable bonds is 8. The van der Waals surface area contributed by atoms with Gasteiger partial charge in [0, 0.05) is 31.7 Å². The predicted octanol–water partition coefficient (Wildman–Crippen LogP) is 2.55. The van der Waals surface area contributed by atoms with Crippen molar-refractivity contribution < 1.29 is 4.52 Å². The van der Waals surface area contributed by atoms with E-state index in [1.54, 1.807) is 0 Å². The summed E-state index contributed by atoms with van der Waals surface area (Å²) in [5, 5.41) is 4.13. The van der Waals surface area contributed by atoms with E-state index < -0.39 is 0 Å². The van der Waals surface area contributed by atoms with Crippen molar-refractivity contribution in [2.24, 2.45) is 5.73 Å². The fourth-order valence-electron chi connectivity index (χ4n) is 2.53. The molecule has 0 aliphatic rings. The van der Waals surface area contributed by atoms with Crippen LogP contribution in [0.3, 0.4) is 0 Å². The van der Waals surface area contributed by atoms with Gasteiger partial charge in [0.2, 0.25) is 0 Å². The second-order valence-electron chi connectivity index (χ2n) is 5.32. The topological polar surface area (TPSA) is 55.3 Å². The lowest BCUT2D eigenvalue weighted by Gasteiger charge is -2.21. The van der Waals surface area contributed by atoms with Crippen LogP contribution >= 0.6 is 0 Å². The number of aromatic nitrogens is 1. The average molecular weight is 287 g/mol. The summed E-state index contributed by atoms with van der Waals surface area (Å²) < 4.78 is 5.32. The molecule has 114 valence electrons. The molecule has 1 aromatic carbocycles. The molecule has 4 heteroatoms. The van der Waals surface area contributed by atoms with Gasteiger partial charge in [-0.3, -0.25) is 4.90 Å². The molecule has 4 nitrogen and oxygen atoms in total. The summed E-state index contributed by atoms with van der Waals surface area (Å²) in [6, 6.07) is 10.6. The molecule has 0 bridgehead atoms. The molecule has 2 rings (SSSR count). The number of nitrogens with zero attached hydrogens (tertiary/aromatic N) is 2. The van der Waals surface area contributed by atoms with Crippen LogP contribution in [0.15, 0.2) is 34.9 Å². The first-order chi connectivity index (χ1) is 10.2. The normalized spacial score (nSPS) is 11.2. The average Bonchev–Trinajstić information content (AvgIpc) is 2.86. The SMILES string of the molecule is CCc1noc(C)c1CN(CCN)CCc1ccccc1. The molecule has 2 N–H and O–H groups in total. The number of benzene rings is 1. The van der Waals surface area contributed by atoms with Crippen molar-refractivity contribution in [1.82, 2.24) is 10.1 Å². The summed E-state index contributed by atoms with van der Waals surface area (Å²) in [4.78, 5) is 2.38. The summed E-state index contributed by atoms with van der Waals surface area (Å²) >= 11 is 0. The molecule has 1 aromatic heterocycles. The minimum absolute atomic E-state index is 0.667. The van der Waals surface area contributed by atoms with Crippen LogP contribution in [0.4, 0.5) is 0 Å². The lowest BCUT2D eigenvalue weighted by molar-refractivity contribution is 0.274. The van der Waals surface area contributed by atoms with Crippen LogP contribution in [0.2, 0.25) is 0 Å². The summed E-state index contributed by atoms with van der Waals surface area (Å²) in [5.41, 5.74) is 9.40. The Bertz CT molecular complexity index is 536. The molecule has 21 heavy (non-hydrogen) atoms. The van der Waals surface area contributed by atoms with E-state index in [1.807, 2.05) is 6.92 Å². The molecule has 0 radical (unpaired) electrons. The first-order valence-corrected chi connectivity index (χ1v) is 7.65. The Morgan fingerprint density at radius 2 is 1.95 bits per heavy atom. The summed E-state index contributed by atoms with van der Waals surface area (Å²) in [7, 11) is 0. The Hall–Kier alpha value is -1.65. The molecule has 0 aliphatic heterocycles. The molecule has 0 amide bonds. The number of nitrogens with two attached hydrogens (primary N) is 1. The van der Waals surface area contributed by atoms with Gasteiger partial charge in [0.05, 0.1) is 5.69 Å². The van der Waals surface area contributed by atoms with Crippen molar-refractivity contribution in [3.8, 4) is 0 Å². The van der Waals surface area contributed by atoms with E-state index in [0.29, 0.717) is 6.54 Å². The van der Waals surface area contributed by atoms with Crippen molar-refractivity contribution in [2.45, 2.75) is 33.2 Å². The lowest BCUT2D eigenvalue weighted by atomic mass is 10.1. The first kappa shape index (κ1) is 15.7. The zero-order valence-electron chi connectivity index (χ0n) is 13.0. The van der Waals surface area contributed by atoms with Crippen molar-refractivity contribution in [3.05, 3.63) is 52.9 Å². The van der Waals surface area contributed by atoms with Crippen molar-refractivity contribution in [3.63, 3.8) is 0 Å². The molecule has 0 fully saturated rings. The molecule has 0 aliphatic carbocycles. The zero-order valence-corrected chi connectivity index (χ0v) is 13.0. The van der Waals surface area contributed by atoms with E-state index in [9.17, 15) is 0 Å². The van der Waals surface area contributed by atoms with Crippen LogP contribution in [0, 0.1) is 6.92 Å². The summed E-state index contributed by atoms with van der Waals surface area (Å²) in [5.74, 6) is 0.925. The van der Waals surface area contributed by atoms with E-state index in [4.69, 9.17) is 10.3 Å². The minimum atomic E-state index is 0.667. The molecule has 0 saturated carbocycles. The van der Waals surface area contributed by atoms with Gasteiger partial charge in [-0.1, -0.05) is 42.4 Å². The van der Waals surface area contributed by atoms with E-state index >= 15 is 0 Å². The van der Waals surface area contributed by atoms with E-state index in [0.717, 1.165) is 43.9 Å². The highest BCUT2D eigenvalue weighted by Gasteiger charge is 2.15. The number of hydrogen-bond acceptors (Lipinski definition) is 4. The van der Waals surface area contributed by atoms with Gasteiger partial charge >= 0.3 is 0 Å². The Morgan fingerprint density at radius 1 is 1.19 bits per heavy atom. The highest BCUT2D eigenvalue weighted by Crippen LogP contribution is 2.16. The zero-order chi connectivity index (χ0) is 15.1. The lowest BCUT2D eigenvalue weighted by Crippen LogP contribution is -2.31. The minimum Gasteiger partial charge on any atom is -0.361 e. The largest absolute Gasteiger partial charge is 0.361 e. The van der Waals surface area contributed by atoms with Crippen molar-refractivity contribution in [1.29, 1.82) is 0 Å². The Morgan fingerprint density at radius 3 is 2.62 bits per heavy atom. The van der Waals surface area contributed by atoms with Crippen LogP contribution < -0.4 is 5.73 Å². The number of aryl methyl sites for hydroxylation is 2. The standard InChI is InChI=1S/C17H25N3O/c1-3-17-16(14(2)21-19-17)13-20(12-10-18)11-9-15-7-5-4-6-8-15/h4-8H,3,9-13,18H2,1-2H3. The van der Waals surface area contributed by atoms with E-state index in [2.05, 4.69) is 47.3 Å². The van der Waals surface area contributed by atoms with Gasteiger partial charge in [-0.05, 0) is 25.3 Å². The maximum atomic E-state index is 5.76. The highest BCUT2D eigenvalue weighted by molar-refractivity contribution is 5.22. The van der Waals surface area contributed by atoms with Gasteiger partial charge in [0.15, 0.2) is 0 Å². The fraction of sp³-hybridized carbons (Fsp3) is 0.471. The Labute approximate surface area is 126 Å². The third-order valence-corrected chi connectivity index (χ3v) is 3.79. The molecule has 1 heterocycles. The van der Waals surface area contributed by atoms with Crippen LogP contribution in [0.1, 0.15) is 29.5 Å². The van der Waals surface area contributed by atoms with Gasteiger partial charge in [-0.2, -0.15) is 0 Å². The second kappa shape index (κ2) is 7.96. The smallest absolute Gasteiger partial charge is 0.138 e. The Balaban J connectivity index is 2.00. The predicted molar refractivity (Wildman–Crippen MR) is 85.1 cm³/mol. The van der Waals surface area contributed by atoms with Gasteiger partial charge in [-0.15, -0.1) is 0 Å². The van der Waals surface area contributed by atoms with Gasteiger partial charge in [-0.25, -0.2) is 0 Å².